The van der Waals surface area contributed by atoms with Crippen molar-refractivity contribution in [3.05, 3.63) is 64.7 Å². The summed E-state index contributed by atoms with van der Waals surface area (Å²) in [5, 5.41) is 0. The number of benzene rings is 2. The van der Waals surface area contributed by atoms with Crippen molar-refractivity contribution in [2.24, 2.45) is 5.92 Å². The van der Waals surface area contributed by atoms with Crippen LogP contribution in [0, 0.1) is 5.92 Å². The molecule has 4 rings (SSSR count). The van der Waals surface area contributed by atoms with Crippen molar-refractivity contribution in [1.82, 2.24) is 14.7 Å². The molecule has 0 aliphatic carbocycles. The minimum Gasteiger partial charge on any atom is -0.496 e. The zero-order valence-corrected chi connectivity index (χ0v) is 19.0. The number of amides is 4. The molecule has 0 atom stereocenters. The first kappa shape index (κ1) is 22.5. The van der Waals surface area contributed by atoms with E-state index in [2.05, 4.69) is 0 Å². The van der Waals surface area contributed by atoms with Gasteiger partial charge in [0.25, 0.3) is 23.6 Å². The third-order valence-corrected chi connectivity index (χ3v) is 5.96. The minimum atomic E-state index is -0.356. The molecule has 0 saturated carbocycles. The number of carbonyl (C=O) groups is 4. The van der Waals surface area contributed by atoms with Crippen LogP contribution < -0.4 is 4.74 Å². The third-order valence-electron chi connectivity index (χ3n) is 5.96. The molecule has 0 unspecified atom stereocenters. The molecule has 2 aromatic rings. The van der Waals surface area contributed by atoms with Gasteiger partial charge in [-0.05, 0) is 36.2 Å². The molecule has 2 heterocycles. The van der Waals surface area contributed by atoms with Gasteiger partial charge in [-0.15, -0.1) is 0 Å². The van der Waals surface area contributed by atoms with Gasteiger partial charge in [0.1, 0.15) is 5.75 Å². The van der Waals surface area contributed by atoms with E-state index in [9.17, 15) is 19.2 Å². The Hall–Kier alpha value is -3.68. The number of piperazine rings is 1. The number of fused-ring (bicyclic) bond motifs is 1. The smallest absolute Gasteiger partial charge is 0.261 e. The fourth-order valence-corrected chi connectivity index (χ4v) is 4.24. The van der Waals surface area contributed by atoms with E-state index < -0.39 is 0 Å². The van der Waals surface area contributed by atoms with Crippen molar-refractivity contribution in [2.75, 3.05) is 39.8 Å². The summed E-state index contributed by atoms with van der Waals surface area (Å²) < 4.78 is 5.29. The number of hydrogen-bond acceptors (Lipinski definition) is 5. The predicted molar refractivity (Wildman–Crippen MR) is 121 cm³/mol. The van der Waals surface area contributed by atoms with Crippen molar-refractivity contribution in [3.8, 4) is 5.75 Å². The molecule has 0 radical (unpaired) electrons. The van der Waals surface area contributed by atoms with Crippen LogP contribution in [0.2, 0.25) is 0 Å². The lowest BCUT2D eigenvalue weighted by Crippen LogP contribution is -2.50. The van der Waals surface area contributed by atoms with Crippen LogP contribution in [0.15, 0.2) is 42.5 Å². The minimum absolute atomic E-state index is 0.133. The van der Waals surface area contributed by atoms with E-state index in [1.54, 1.807) is 40.1 Å². The van der Waals surface area contributed by atoms with Gasteiger partial charge in [-0.2, -0.15) is 0 Å². The highest BCUT2D eigenvalue weighted by Crippen LogP contribution is 2.26. The van der Waals surface area contributed by atoms with E-state index in [1.807, 2.05) is 19.9 Å². The molecule has 0 bridgehead atoms. The van der Waals surface area contributed by atoms with Gasteiger partial charge in [0.2, 0.25) is 0 Å². The molecule has 2 aliphatic rings. The molecule has 0 aromatic heterocycles. The maximum atomic E-state index is 13.1. The van der Waals surface area contributed by atoms with Crippen molar-refractivity contribution in [1.29, 1.82) is 0 Å². The standard InChI is InChI=1S/C25H27N3O5/c1-16(2)15-28-24(31)18-9-8-17(14-20(18)25(28)32)22(29)26-10-12-27(13-11-26)23(30)19-6-4-5-7-21(19)33-3/h4-9,14,16H,10-13,15H2,1-3H3. The summed E-state index contributed by atoms with van der Waals surface area (Å²) >= 11 is 0. The highest BCUT2D eigenvalue weighted by Gasteiger charge is 2.36. The van der Waals surface area contributed by atoms with Crippen molar-refractivity contribution < 1.29 is 23.9 Å². The van der Waals surface area contributed by atoms with Crippen molar-refractivity contribution >= 4 is 23.6 Å². The third kappa shape index (κ3) is 4.20. The number of rotatable bonds is 5. The summed E-state index contributed by atoms with van der Waals surface area (Å²) in [7, 11) is 1.53. The molecular formula is C25H27N3O5. The van der Waals surface area contributed by atoms with Gasteiger partial charge in [0.15, 0.2) is 0 Å². The second kappa shape index (κ2) is 9.05. The molecule has 0 spiro atoms. The topological polar surface area (TPSA) is 87.2 Å². The van der Waals surface area contributed by atoms with Gasteiger partial charge in [-0.3, -0.25) is 24.1 Å². The Morgan fingerprint density at radius 2 is 1.48 bits per heavy atom. The van der Waals surface area contributed by atoms with Gasteiger partial charge < -0.3 is 14.5 Å². The lowest BCUT2D eigenvalue weighted by Gasteiger charge is -2.35. The number of imide groups is 1. The Bertz CT molecular complexity index is 1120. The molecule has 172 valence electrons. The quantitative estimate of drug-likeness (QED) is 0.655. The first-order valence-corrected chi connectivity index (χ1v) is 11.0. The van der Waals surface area contributed by atoms with Gasteiger partial charge in [0.05, 0.1) is 23.8 Å². The van der Waals surface area contributed by atoms with Crippen LogP contribution in [-0.2, 0) is 0 Å². The Morgan fingerprint density at radius 1 is 0.879 bits per heavy atom. The lowest BCUT2D eigenvalue weighted by atomic mass is 10.0. The Balaban J connectivity index is 1.44. The van der Waals surface area contributed by atoms with Crippen LogP contribution >= 0.6 is 0 Å². The molecule has 33 heavy (non-hydrogen) atoms. The van der Waals surface area contributed by atoms with E-state index >= 15 is 0 Å². The Kier molecular flexibility index (Phi) is 6.18. The van der Waals surface area contributed by atoms with Gasteiger partial charge in [-0.25, -0.2) is 0 Å². The Labute approximate surface area is 192 Å². The van der Waals surface area contributed by atoms with E-state index in [0.717, 1.165) is 0 Å². The number of nitrogens with zero attached hydrogens (tertiary/aromatic N) is 3. The summed E-state index contributed by atoms with van der Waals surface area (Å²) in [6.07, 6.45) is 0. The number of methoxy groups -OCH3 is 1. The number of carbonyl (C=O) groups excluding carboxylic acids is 4. The summed E-state index contributed by atoms with van der Waals surface area (Å²) in [4.78, 5) is 55.9. The van der Waals surface area contributed by atoms with E-state index in [-0.39, 0.29) is 35.1 Å². The van der Waals surface area contributed by atoms with E-state index in [0.29, 0.717) is 55.2 Å². The van der Waals surface area contributed by atoms with Gasteiger partial charge >= 0.3 is 0 Å². The summed E-state index contributed by atoms with van der Waals surface area (Å²) in [6, 6.07) is 11.7. The molecular weight excluding hydrogens is 422 g/mol. The number of hydrogen-bond donors (Lipinski definition) is 0. The number of ether oxygens (including phenoxy) is 1. The maximum Gasteiger partial charge on any atom is 0.261 e. The molecule has 4 amide bonds. The predicted octanol–water partition coefficient (Wildman–Crippen LogP) is 2.55. The summed E-state index contributed by atoms with van der Waals surface area (Å²) in [6.45, 7) is 5.78. The number of para-hydroxylation sites is 1. The molecule has 0 N–H and O–H groups in total. The average Bonchev–Trinajstić information content (AvgIpc) is 3.07. The van der Waals surface area contributed by atoms with Crippen LogP contribution in [-0.4, -0.2) is 78.2 Å². The van der Waals surface area contributed by atoms with Crippen LogP contribution in [0.1, 0.15) is 55.3 Å². The normalized spacial score (nSPS) is 15.8. The van der Waals surface area contributed by atoms with Crippen LogP contribution in [0.25, 0.3) is 0 Å². The average molecular weight is 450 g/mol. The second-order valence-corrected chi connectivity index (χ2v) is 8.66. The van der Waals surface area contributed by atoms with Crippen LogP contribution in [0.3, 0.4) is 0 Å². The van der Waals surface area contributed by atoms with Gasteiger partial charge in [0, 0.05) is 38.3 Å². The molecule has 2 aromatic carbocycles. The van der Waals surface area contributed by atoms with Crippen molar-refractivity contribution in [3.63, 3.8) is 0 Å². The molecule has 2 aliphatic heterocycles. The van der Waals surface area contributed by atoms with Gasteiger partial charge in [-0.1, -0.05) is 26.0 Å². The first-order valence-electron chi connectivity index (χ1n) is 11.0. The molecule has 8 heteroatoms. The second-order valence-electron chi connectivity index (χ2n) is 8.66. The van der Waals surface area contributed by atoms with E-state index in [1.165, 1.54) is 18.1 Å². The SMILES string of the molecule is COc1ccccc1C(=O)N1CCN(C(=O)c2ccc3c(c2)C(=O)N(CC(C)C)C3=O)CC1. The maximum absolute atomic E-state index is 13.1. The lowest BCUT2D eigenvalue weighted by molar-refractivity contribution is 0.0533. The summed E-state index contributed by atoms with van der Waals surface area (Å²) in [5.74, 6) is -0.346. The molecule has 8 nitrogen and oxygen atoms in total. The largest absolute Gasteiger partial charge is 0.496 e. The Morgan fingerprint density at radius 3 is 2.12 bits per heavy atom. The summed E-state index contributed by atoms with van der Waals surface area (Å²) in [5.41, 5.74) is 1.47. The highest BCUT2D eigenvalue weighted by atomic mass is 16.5. The van der Waals surface area contributed by atoms with Crippen LogP contribution in [0.5, 0.6) is 5.75 Å². The van der Waals surface area contributed by atoms with Crippen LogP contribution in [0.4, 0.5) is 0 Å². The fourth-order valence-electron chi connectivity index (χ4n) is 4.24. The monoisotopic (exact) mass is 449 g/mol. The van der Waals surface area contributed by atoms with E-state index in [4.69, 9.17) is 4.74 Å². The zero-order valence-electron chi connectivity index (χ0n) is 19.0. The first-order chi connectivity index (χ1) is 15.8. The fraction of sp³-hybridized carbons (Fsp3) is 0.360. The molecule has 1 fully saturated rings. The zero-order chi connectivity index (χ0) is 23.7. The van der Waals surface area contributed by atoms with Crippen molar-refractivity contribution in [2.45, 2.75) is 13.8 Å². The molecule has 1 saturated heterocycles. The highest BCUT2D eigenvalue weighted by molar-refractivity contribution is 6.22.